The molecule has 0 bridgehead atoms. The molecule has 0 aliphatic heterocycles. The number of rotatable bonds is 10. The molecule has 162 valence electrons. The van der Waals surface area contributed by atoms with Crippen LogP contribution in [0.5, 0.6) is 5.75 Å². The number of aromatic nitrogens is 2. The first-order chi connectivity index (χ1) is 13.5. The highest BCUT2D eigenvalue weighted by Gasteiger charge is 2.14. The number of guanidine groups is 1. The van der Waals surface area contributed by atoms with Crippen LogP contribution in [0.15, 0.2) is 33.8 Å². The summed E-state index contributed by atoms with van der Waals surface area (Å²) >= 11 is 5.88. The number of hydrogen-bond donors (Lipinski definition) is 1. The van der Waals surface area contributed by atoms with Gasteiger partial charge in [0.15, 0.2) is 11.8 Å². The van der Waals surface area contributed by atoms with Crippen molar-refractivity contribution in [3.63, 3.8) is 0 Å². The fourth-order valence-corrected chi connectivity index (χ4v) is 2.50. The number of benzene rings is 1. The van der Waals surface area contributed by atoms with Gasteiger partial charge in [0, 0.05) is 25.2 Å². The molecule has 0 spiro atoms. The molecule has 2 rings (SSSR count). The second-order valence-electron chi connectivity index (χ2n) is 6.04. The van der Waals surface area contributed by atoms with Crippen LogP contribution < -0.4 is 10.1 Å². The predicted molar refractivity (Wildman–Crippen MR) is 124 cm³/mol. The van der Waals surface area contributed by atoms with E-state index in [1.54, 1.807) is 12.1 Å². The van der Waals surface area contributed by atoms with E-state index in [1.165, 1.54) is 0 Å². The van der Waals surface area contributed by atoms with Crippen LogP contribution in [-0.2, 0) is 11.3 Å². The Morgan fingerprint density at radius 2 is 2.03 bits per heavy atom. The number of nitrogens with one attached hydrogen (secondary N) is 1. The summed E-state index contributed by atoms with van der Waals surface area (Å²) in [5.41, 5.74) is 0. The molecule has 1 aromatic heterocycles. The van der Waals surface area contributed by atoms with Crippen molar-refractivity contribution in [3.05, 3.63) is 41.0 Å². The van der Waals surface area contributed by atoms with Crippen molar-refractivity contribution in [1.29, 1.82) is 0 Å². The second-order valence-corrected chi connectivity index (χ2v) is 6.47. The zero-order valence-corrected chi connectivity index (χ0v) is 20.3. The average Bonchev–Trinajstić information content (AvgIpc) is 3.16. The highest BCUT2D eigenvalue weighted by atomic mass is 127. The van der Waals surface area contributed by atoms with E-state index in [0.717, 1.165) is 18.3 Å². The second kappa shape index (κ2) is 13.6. The molecule has 0 saturated heterocycles. The smallest absolute Gasteiger partial charge is 0.248 e. The molecule has 0 radical (unpaired) electrons. The van der Waals surface area contributed by atoms with Gasteiger partial charge in [0.1, 0.15) is 25.0 Å². The topological polar surface area (TPSA) is 85.0 Å². The molecule has 1 unspecified atom stereocenters. The van der Waals surface area contributed by atoms with Gasteiger partial charge in [-0.1, -0.05) is 16.8 Å². The molecule has 10 heteroatoms. The standard InChI is InChI=1S/C19H28ClN5O3.HI/c1-5-21-19(22-13-17-23-18(24-28-17)14(3)26-6-2)25(4)11-12-27-16-9-7-15(20)8-10-16;/h7-10,14H,5-6,11-13H2,1-4H3,(H,21,22);1H. The normalized spacial score (nSPS) is 12.2. The SMILES string of the molecule is CCNC(=NCc1nc(C(C)OCC)no1)N(C)CCOc1ccc(Cl)cc1.I. The Morgan fingerprint density at radius 3 is 2.69 bits per heavy atom. The molecular weight excluding hydrogens is 509 g/mol. The summed E-state index contributed by atoms with van der Waals surface area (Å²) in [4.78, 5) is 10.9. The molecule has 2 aromatic rings. The number of likely N-dealkylation sites (N-methyl/N-ethyl adjacent to an activating group) is 1. The van der Waals surface area contributed by atoms with Crippen LogP contribution in [0.2, 0.25) is 5.02 Å². The van der Waals surface area contributed by atoms with E-state index in [4.69, 9.17) is 25.6 Å². The minimum atomic E-state index is -0.201. The van der Waals surface area contributed by atoms with Crippen LogP contribution in [0, 0.1) is 0 Å². The van der Waals surface area contributed by atoms with E-state index >= 15 is 0 Å². The lowest BCUT2D eigenvalue weighted by Crippen LogP contribution is -2.40. The number of aliphatic imine (C=N–C) groups is 1. The van der Waals surface area contributed by atoms with Crippen molar-refractivity contribution in [1.82, 2.24) is 20.4 Å². The lowest BCUT2D eigenvalue weighted by atomic mass is 10.3. The molecule has 0 amide bonds. The van der Waals surface area contributed by atoms with Gasteiger partial charge in [-0.25, -0.2) is 4.99 Å². The Hall–Kier alpha value is -1.59. The Bertz CT molecular complexity index is 742. The molecule has 29 heavy (non-hydrogen) atoms. The average molecular weight is 538 g/mol. The zero-order valence-electron chi connectivity index (χ0n) is 17.2. The Labute approximate surface area is 194 Å². The maximum Gasteiger partial charge on any atom is 0.248 e. The fraction of sp³-hybridized carbons (Fsp3) is 0.526. The van der Waals surface area contributed by atoms with Gasteiger partial charge in [0.25, 0.3) is 0 Å². The fourth-order valence-electron chi connectivity index (χ4n) is 2.37. The highest BCUT2D eigenvalue weighted by Crippen LogP contribution is 2.15. The van der Waals surface area contributed by atoms with E-state index in [1.807, 2.05) is 44.9 Å². The maximum absolute atomic E-state index is 5.88. The van der Waals surface area contributed by atoms with Crippen molar-refractivity contribution in [2.45, 2.75) is 33.4 Å². The minimum Gasteiger partial charge on any atom is -0.492 e. The Balaban J connectivity index is 0.00000420. The van der Waals surface area contributed by atoms with Crippen LogP contribution in [0.25, 0.3) is 0 Å². The lowest BCUT2D eigenvalue weighted by Gasteiger charge is -2.21. The van der Waals surface area contributed by atoms with Gasteiger partial charge in [-0.05, 0) is 45.0 Å². The van der Waals surface area contributed by atoms with Crippen LogP contribution in [-0.4, -0.2) is 54.4 Å². The molecule has 0 aliphatic carbocycles. The van der Waals surface area contributed by atoms with Crippen LogP contribution in [0.3, 0.4) is 0 Å². The lowest BCUT2D eigenvalue weighted by molar-refractivity contribution is 0.0683. The summed E-state index contributed by atoms with van der Waals surface area (Å²) < 4.78 is 16.5. The quantitative estimate of drug-likeness (QED) is 0.279. The van der Waals surface area contributed by atoms with E-state index in [0.29, 0.717) is 36.5 Å². The van der Waals surface area contributed by atoms with Crippen LogP contribution in [0.4, 0.5) is 0 Å². The Morgan fingerprint density at radius 1 is 1.31 bits per heavy atom. The first-order valence-corrected chi connectivity index (χ1v) is 9.73. The van der Waals surface area contributed by atoms with Crippen molar-refractivity contribution < 1.29 is 14.0 Å². The van der Waals surface area contributed by atoms with Crippen molar-refractivity contribution in [2.24, 2.45) is 4.99 Å². The first kappa shape index (κ1) is 25.4. The van der Waals surface area contributed by atoms with Crippen LogP contribution >= 0.6 is 35.6 Å². The molecule has 1 aromatic carbocycles. The summed E-state index contributed by atoms with van der Waals surface area (Å²) in [7, 11) is 1.95. The highest BCUT2D eigenvalue weighted by molar-refractivity contribution is 14.0. The zero-order chi connectivity index (χ0) is 20.4. The van der Waals surface area contributed by atoms with Crippen molar-refractivity contribution in [2.75, 3.05) is 33.4 Å². The van der Waals surface area contributed by atoms with E-state index in [2.05, 4.69) is 20.4 Å². The molecule has 1 atom stereocenters. The molecular formula is C19H29ClIN5O3. The third kappa shape index (κ3) is 8.75. The summed E-state index contributed by atoms with van der Waals surface area (Å²) in [5, 5.41) is 7.88. The maximum atomic E-state index is 5.88. The van der Waals surface area contributed by atoms with Crippen molar-refractivity contribution in [3.8, 4) is 5.75 Å². The number of nitrogens with zero attached hydrogens (tertiary/aromatic N) is 4. The monoisotopic (exact) mass is 537 g/mol. The third-order valence-electron chi connectivity index (χ3n) is 3.83. The number of halogens is 2. The van der Waals surface area contributed by atoms with Gasteiger partial charge >= 0.3 is 0 Å². The molecule has 8 nitrogen and oxygen atoms in total. The van der Waals surface area contributed by atoms with E-state index in [9.17, 15) is 0 Å². The molecule has 0 aliphatic rings. The van der Waals surface area contributed by atoms with Gasteiger partial charge in [-0.3, -0.25) is 0 Å². The summed E-state index contributed by atoms with van der Waals surface area (Å²) in [6, 6.07) is 7.30. The summed E-state index contributed by atoms with van der Waals surface area (Å²) in [6.07, 6.45) is -0.201. The van der Waals surface area contributed by atoms with Gasteiger partial charge in [0.05, 0.1) is 6.54 Å². The molecule has 0 fully saturated rings. The molecule has 1 N–H and O–H groups in total. The number of hydrogen-bond acceptors (Lipinski definition) is 6. The van der Waals surface area contributed by atoms with Gasteiger partial charge in [-0.2, -0.15) is 4.98 Å². The molecule has 0 saturated carbocycles. The predicted octanol–water partition coefficient (Wildman–Crippen LogP) is 3.91. The molecule has 1 heterocycles. The van der Waals surface area contributed by atoms with E-state index < -0.39 is 0 Å². The minimum absolute atomic E-state index is 0. The summed E-state index contributed by atoms with van der Waals surface area (Å²) in [6.45, 7) is 8.63. The first-order valence-electron chi connectivity index (χ1n) is 9.35. The summed E-state index contributed by atoms with van der Waals surface area (Å²) in [5.74, 6) is 2.49. The van der Waals surface area contributed by atoms with E-state index in [-0.39, 0.29) is 36.6 Å². The van der Waals surface area contributed by atoms with Gasteiger partial charge in [0.2, 0.25) is 5.89 Å². The van der Waals surface area contributed by atoms with Gasteiger partial charge in [-0.15, -0.1) is 24.0 Å². The van der Waals surface area contributed by atoms with Gasteiger partial charge < -0.3 is 24.2 Å². The largest absolute Gasteiger partial charge is 0.492 e. The number of ether oxygens (including phenoxy) is 2. The van der Waals surface area contributed by atoms with Crippen LogP contribution in [0.1, 0.15) is 38.6 Å². The Kier molecular flexibility index (Phi) is 11.9. The van der Waals surface area contributed by atoms with Crippen molar-refractivity contribution >= 4 is 41.5 Å². The third-order valence-corrected chi connectivity index (χ3v) is 4.09.